The summed E-state index contributed by atoms with van der Waals surface area (Å²) in [6.45, 7) is 0. The van der Waals surface area contributed by atoms with E-state index in [1.807, 2.05) is 0 Å². The molecular formula is C5H2BrClFN3O2. The number of hydrazine groups is 1. The average Bonchev–Trinajstić information content (AvgIpc) is 2.06. The third-order valence-electron chi connectivity index (χ3n) is 1.11. The van der Waals surface area contributed by atoms with E-state index in [0.29, 0.717) is 0 Å². The van der Waals surface area contributed by atoms with E-state index in [0.717, 1.165) is 6.20 Å². The molecule has 0 aromatic carbocycles. The Kier molecular flexibility index (Phi) is 2.99. The molecule has 1 aromatic heterocycles. The maximum atomic E-state index is 13.0. The first-order chi connectivity index (χ1) is 6.02. The summed E-state index contributed by atoms with van der Waals surface area (Å²) in [5, 5.41) is 8.78. The van der Waals surface area contributed by atoms with E-state index in [4.69, 9.17) is 11.6 Å². The molecule has 1 aromatic rings. The molecular weight excluding hydrogens is 268 g/mol. The van der Waals surface area contributed by atoms with Gasteiger partial charge in [0.2, 0.25) is 5.82 Å². The Labute approximate surface area is 85.2 Å². The SMILES string of the molecule is O=[N+]([O-])Nc1ncc(Br)c(Cl)c1F. The highest BCUT2D eigenvalue weighted by atomic mass is 79.9. The van der Waals surface area contributed by atoms with Gasteiger partial charge in [-0.15, -0.1) is 0 Å². The smallest absolute Gasteiger partial charge is 0.228 e. The first-order valence-corrected chi connectivity index (χ1v) is 4.10. The quantitative estimate of drug-likeness (QED) is 0.661. The Morgan fingerprint density at radius 2 is 2.38 bits per heavy atom. The molecule has 0 saturated carbocycles. The molecule has 1 rings (SSSR count). The van der Waals surface area contributed by atoms with Gasteiger partial charge in [-0.1, -0.05) is 17.0 Å². The predicted octanol–water partition coefficient (Wildman–Crippen LogP) is 2.24. The fourth-order valence-corrected chi connectivity index (χ4v) is 1.02. The van der Waals surface area contributed by atoms with Gasteiger partial charge in [-0.25, -0.2) is 19.5 Å². The van der Waals surface area contributed by atoms with Gasteiger partial charge in [-0.05, 0) is 15.9 Å². The summed E-state index contributed by atoms with van der Waals surface area (Å²) in [5.74, 6) is -1.48. The van der Waals surface area contributed by atoms with E-state index in [2.05, 4.69) is 20.9 Å². The molecule has 13 heavy (non-hydrogen) atoms. The first kappa shape index (κ1) is 10.1. The van der Waals surface area contributed by atoms with E-state index >= 15 is 0 Å². The lowest BCUT2D eigenvalue weighted by Crippen LogP contribution is -2.11. The summed E-state index contributed by atoms with van der Waals surface area (Å²) in [5.41, 5.74) is 1.57. The van der Waals surface area contributed by atoms with E-state index in [1.54, 1.807) is 5.43 Å². The van der Waals surface area contributed by atoms with Gasteiger partial charge in [0.05, 0.1) is 9.50 Å². The Morgan fingerprint density at radius 3 is 2.92 bits per heavy atom. The molecule has 0 aliphatic rings. The van der Waals surface area contributed by atoms with Crippen LogP contribution in [-0.2, 0) is 0 Å². The number of pyridine rings is 1. The van der Waals surface area contributed by atoms with Crippen LogP contribution in [0, 0.1) is 15.9 Å². The molecule has 70 valence electrons. The van der Waals surface area contributed by atoms with E-state index in [1.165, 1.54) is 0 Å². The highest BCUT2D eigenvalue weighted by Gasteiger charge is 2.14. The monoisotopic (exact) mass is 269 g/mol. The molecule has 1 N–H and O–H groups in total. The topological polar surface area (TPSA) is 68.1 Å². The molecule has 5 nitrogen and oxygen atoms in total. The fraction of sp³-hybridized carbons (Fsp3) is 0. The summed E-state index contributed by atoms with van der Waals surface area (Å²) < 4.78 is 13.3. The van der Waals surface area contributed by atoms with E-state index in [9.17, 15) is 14.5 Å². The van der Waals surface area contributed by atoms with Crippen molar-refractivity contribution >= 4 is 33.3 Å². The number of anilines is 1. The molecule has 8 heteroatoms. The number of nitrogens with zero attached hydrogens (tertiary/aromatic N) is 2. The highest BCUT2D eigenvalue weighted by Crippen LogP contribution is 2.27. The second-order valence-electron chi connectivity index (χ2n) is 1.95. The molecule has 0 amide bonds. The lowest BCUT2D eigenvalue weighted by atomic mass is 10.4. The molecule has 0 bridgehead atoms. The van der Waals surface area contributed by atoms with Crippen LogP contribution in [0.25, 0.3) is 0 Å². The van der Waals surface area contributed by atoms with Gasteiger partial charge in [0.15, 0.2) is 10.8 Å². The Morgan fingerprint density at radius 1 is 1.77 bits per heavy atom. The van der Waals surface area contributed by atoms with Gasteiger partial charge in [0.25, 0.3) is 0 Å². The fourth-order valence-electron chi connectivity index (χ4n) is 0.608. The first-order valence-electron chi connectivity index (χ1n) is 2.93. The van der Waals surface area contributed by atoms with Crippen LogP contribution < -0.4 is 5.43 Å². The molecule has 1 heterocycles. The lowest BCUT2D eigenvalue weighted by molar-refractivity contribution is -0.445. The molecule has 0 aliphatic carbocycles. The largest absolute Gasteiger partial charge is 0.234 e. The highest BCUT2D eigenvalue weighted by molar-refractivity contribution is 9.10. The van der Waals surface area contributed by atoms with Gasteiger partial charge in [0, 0.05) is 6.20 Å². The van der Waals surface area contributed by atoms with Crippen molar-refractivity contribution in [1.82, 2.24) is 4.98 Å². The Balaban J connectivity index is 3.10. The Bertz CT molecular complexity index is 362. The number of nitro groups is 1. The maximum Gasteiger partial charge on any atom is 0.228 e. The molecule has 0 unspecified atom stereocenters. The average molecular weight is 270 g/mol. The van der Waals surface area contributed by atoms with Crippen molar-refractivity contribution in [3.05, 3.63) is 31.6 Å². The van der Waals surface area contributed by atoms with Crippen LogP contribution in [0.5, 0.6) is 0 Å². The third kappa shape index (κ3) is 2.25. The van der Waals surface area contributed by atoms with Crippen molar-refractivity contribution in [2.45, 2.75) is 0 Å². The van der Waals surface area contributed by atoms with Gasteiger partial charge in [-0.3, -0.25) is 0 Å². The second kappa shape index (κ2) is 3.84. The van der Waals surface area contributed by atoms with Gasteiger partial charge in [0.1, 0.15) is 0 Å². The zero-order valence-electron chi connectivity index (χ0n) is 5.92. The number of hydrogen-bond donors (Lipinski definition) is 1. The van der Waals surface area contributed by atoms with Crippen molar-refractivity contribution in [2.24, 2.45) is 0 Å². The second-order valence-corrected chi connectivity index (χ2v) is 3.18. The normalized spacial score (nSPS) is 9.77. The number of halogens is 3. The standard InChI is InChI=1S/C5H2BrClFN3O2/c6-2-1-9-5(10-11(12)13)4(8)3(2)7/h1H,(H,9,10). The minimum atomic E-state index is -0.965. The molecule has 0 spiro atoms. The maximum absolute atomic E-state index is 13.0. The van der Waals surface area contributed by atoms with Crippen LogP contribution in [0.4, 0.5) is 10.2 Å². The van der Waals surface area contributed by atoms with Gasteiger partial charge < -0.3 is 0 Å². The van der Waals surface area contributed by atoms with Crippen molar-refractivity contribution in [3.8, 4) is 0 Å². The lowest BCUT2D eigenvalue weighted by Gasteiger charge is -2.00. The van der Waals surface area contributed by atoms with Crippen LogP contribution in [0.2, 0.25) is 5.02 Å². The van der Waals surface area contributed by atoms with Crippen molar-refractivity contribution < 1.29 is 9.42 Å². The van der Waals surface area contributed by atoms with Gasteiger partial charge in [-0.2, -0.15) is 0 Å². The van der Waals surface area contributed by atoms with Crippen molar-refractivity contribution in [1.29, 1.82) is 0 Å². The van der Waals surface area contributed by atoms with Crippen LogP contribution in [0.15, 0.2) is 10.7 Å². The van der Waals surface area contributed by atoms with Crippen molar-refractivity contribution in [3.63, 3.8) is 0 Å². The van der Waals surface area contributed by atoms with Crippen LogP contribution >= 0.6 is 27.5 Å². The minimum absolute atomic E-state index is 0.237. The minimum Gasteiger partial charge on any atom is -0.234 e. The van der Waals surface area contributed by atoms with E-state index < -0.39 is 16.7 Å². The molecule has 0 fully saturated rings. The summed E-state index contributed by atoms with van der Waals surface area (Å²) in [4.78, 5) is 13.4. The van der Waals surface area contributed by atoms with Crippen LogP contribution in [-0.4, -0.2) is 10.0 Å². The predicted molar refractivity (Wildman–Crippen MR) is 47.5 cm³/mol. The number of nitrogens with one attached hydrogen (secondary N) is 1. The molecule has 0 radical (unpaired) electrons. The summed E-state index contributed by atoms with van der Waals surface area (Å²) in [6, 6.07) is 0. The van der Waals surface area contributed by atoms with Crippen LogP contribution in [0.3, 0.4) is 0 Å². The molecule has 0 atom stereocenters. The van der Waals surface area contributed by atoms with Gasteiger partial charge >= 0.3 is 0 Å². The zero-order chi connectivity index (χ0) is 10.0. The van der Waals surface area contributed by atoms with Crippen molar-refractivity contribution in [2.75, 3.05) is 5.43 Å². The van der Waals surface area contributed by atoms with Crippen LogP contribution in [0.1, 0.15) is 0 Å². The zero-order valence-corrected chi connectivity index (χ0v) is 8.26. The number of aromatic nitrogens is 1. The summed E-state index contributed by atoms with van der Waals surface area (Å²) >= 11 is 8.36. The number of hydrogen-bond acceptors (Lipinski definition) is 3. The van der Waals surface area contributed by atoms with E-state index in [-0.39, 0.29) is 9.50 Å². The molecule has 0 saturated heterocycles. The summed E-state index contributed by atoms with van der Waals surface area (Å²) in [7, 11) is 0. The summed E-state index contributed by atoms with van der Waals surface area (Å²) in [6.07, 6.45) is 1.16. The molecule has 0 aliphatic heterocycles. The Hall–Kier alpha value is -0.950. The third-order valence-corrected chi connectivity index (χ3v) is 2.31. The number of rotatable bonds is 2.